The standard InChI is InChI=1S/C38H40F6O3/c1-3-5-6-7-24-14-17-27(33(40)32(24)39)22-8-10-25(11-9-22)38(45)47-26-15-12-23(13-16-26)28-18-19-29(35(42)34(28)41)30-20-21-31(46-4-2)37(44)36(30)43/h3,5,14,17-23,25-26H,4,6-13,15-16H2,1-2H3. The second kappa shape index (κ2) is 15.4. The summed E-state index contributed by atoms with van der Waals surface area (Å²) in [5, 5.41) is 0. The average Bonchev–Trinajstić information content (AvgIpc) is 3.07. The lowest BCUT2D eigenvalue weighted by Gasteiger charge is -2.32. The molecule has 0 atom stereocenters. The molecule has 2 aliphatic carbocycles. The van der Waals surface area contributed by atoms with Crippen LogP contribution < -0.4 is 4.74 Å². The van der Waals surface area contributed by atoms with E-state index in [0.717, 1.165) is 6.07 Å². The van der Waals surface area contributed by atoms with Crippen molar-refractivity contribution < 1.29 is 40.6 Å². The molecule has 0 spiro atoms. The molecule has 0 heterocycles. The van der Waals surface area contributed by atoms with Crippen LogP contribution in [0.5, 0.6) is 5.75 Å². The summed E-state index contributed by atoms with van der Waals surface area (Å²) in [5.74, 6) is -7.97. The number of ether oxygens (including phenoxy) is 2. The van der Waals surface area contributed by atoms with Crippen molar-refractivity contribution in [3.63, 3.8) is 0 Å². The molecular formula is C38H40F6O3. The molecule has 0 saturated heterocycles. The maximum atomic E-state index is 15.3. The summed E-state index contributed by atoms with van der Waals surface area (Å²) in [7, 11) is 0. The second-order valence-corrected chi connectivity index (χ2v) is 12.5. The van der Waals surface area contributed by atoms with Crippen molar-refractivity contribution in [1.82, 2.24) is 0 Å². The Morgan fingerprint density at radius 3 is 1.87 bits per heavy atom. The molecule has 47 heavy (non-hydrogen) atoms. The molecule has 252 valence electrons. The van der Waals surface area contributed by atoms with Crippen LogP contribution in [0.15, 0.2) is 48.6 Å². The number of carbonyl (C=O) groups is 1. The van der Waals surface area contributed by atoms with Crippen LogP contribution in [0.1, 0.15) is 100 Å². The van der Waals surface area contributed by atoms with Gasteiger partial charge >= 0.3 is 5.97 Å². The molecule has 0 bridgehead atoms. The van der Waals surface area contributed by atoms with Gasteiger partial charge in [0.15, 0.2) is 34.8 Å². The fourth-order valence-electron chi connectivity index (χ4n) is 7.01. The summed E-state index contributed by atoms with van der Waals surface area (Å²) in [4.78, 5) is 13.0. The minimum absolute atomic E-state index is 0.120. The Labute approximate surface area is 272 Å². The first-order valence-corrected chi connectivity index (χ1v) is 16.5. The quantitative estimate of drug-likeness (QED) is 0.124. The summed E-state index contributed by atoms with van der Waals surface area (Å²) in [6.45, 7) is 3.62. The lowest BCUT2D eigenvalue weighted by molar-refractivity contribution is -0.157. The van der Waals surface area contributed by atoms with Crippen LogP contribution in [-0.2, 0) is 16.0 Å². The Balaban J connectivity index is 1.14. The second-order valence-electron chi connectivity index (χ2n) is 12.5. The SMILES string of the molecule is CC=CCCc1ccc(C2CCC(C(=O)OC3CCC(c4ccc(-c5ccc(OCC)c(F)c5F)c(F)c4F)CC3)CC2)c(F)c1F. The Hall–Kier alpha value is -3.75. The van der Waals surface area contributed by atoms with E-state index in [2.05, 4.69) is 0 Å². The van der Waals surface area contributed by atoms with Crippen LogP contribution in [0.3, 0.4) is 0 Å². The van der Waals surface area contributed by atoms with Crippen molar-refractivity contribution >= 4 is 5.97 Å². The highest BCUT2D eigenvalue weighted by Gasteiger charge is 2.34. The topological polar surface area (TPSA) is 35.5 Å². The molecule has 2 fully saturated rings. The summed E-state index contributed by atoms with van der Waals surface area (Å²) in [6, 6.07) is 8.34. The molecule has 9 heteroatoms. The predicted molar refractivity (Wildman–Crippen MR) is 168 cm³/mol. The largest absolute Gasteiger partial charge is 0.491 e. The fraction of sp³-hybridized carbons (Fsp3) is 0.447. The van der Waals surface area contributed by atoms with Gasteiger partial charge in [-0.25, -0.2) is 22.0 Å². The first kappa shape index (κ1) is 34.6. The van der Waals surface area contributed by atoms with E-state index in [-0.39, 0.29) is 53.3 Å². The first-order chi connectivity index (χ1) is 22.6. The number of carbonyl (C=O) groups excluding carboxylic acids is 1. The number of aryl methyl sites for hydroxylation is 1. The van der Waals surface area contributed by atoms with Crippen LogP contribution in [0, 0.1) is 40.8 Å². The van der Waals surface area contributed by atoms with E-state index < -0.39 is 40.5 Å². The van der Waals surface area contributed by atoms with Gasteiger partial charge in [-0.1, -0.05) is 36.4 Å². The lowest BCUT2D eigenvalue weighted by Crippen LogP contribution is -2.30. The molecule has 3 aromatic rings. The molecule has 0 unspecified atom stereocenters. The number of hydrogen-bond acceptors (Lipinski definition) is 3. The lowest BCUT2D eigenvalue weighted by atomic mass is 9.78. The van der Waals surface area contributed by atoms with Crippen LogP contribution in [-0.4, -0.2) is 18.7 Å². The third-order valence-corrected chi connectivity index (χ3v) is 9.65. The summed E-state index contributed by atoms with van der Waals surface area (Å²) >= 11 is 0. The van der Waals surface area contributed by atoms with Crippen molar-refractivity contribution in [2.75, 3.05) is 6.61 Å². The summed E-state index contributed by atoms with van der Waals surface area (Å²) < 4.78 is 99.9. The van der Waals surface area contributed by atoms with Gasteiger partial charge in [0.05, 0.1) is 12.5 Å². The van der Waals surface area contributed by atoms with Crippen molar-refractivity contribution in [2.24, 2.45) is 5.92 Å². The highest BCUT2D eigenvalue weighted by Crippen LogP contribution is 2.41. The molecular weight excluding hydrogens is 618 g/mol. The zero-order chi connectivity index (χ0) is 33.7. The van der Waals surface area contributed by atoms with Gasteiger partial charge in [-0.05, 0) is 119 Å². The molecule has 0 amide bonds. The number of hydrogen-bond donors (Lipinski definition) is 0. The summed E-state index contributed by atoms with van der Waals surface area (Å²) in [5.41, 5.74) is 0.0845. The van der Waals surface area contributed by atoms with Crippen molar-refractivity contribution in [3.8, 4) is 16.9 Å². The number of rotatable bonds is 10. The average molecular weight is 659 g/mol. The molecule has 3 aromatic carbocycles. The monoisotopic (exact) mass is 658 g/mol. The molecule has 0 aliphatic heterocycles. The summed E-state index contributed by atoms with van der Waals surface area (Å²) in [6.07, 6.45) is 8.49. The van der Waals surface area contributed by atoms with Crippen LogP contribution >= 0.6 is 0 Å². The van der Waals surface area contributed by atoms with Crippen molar-refractivity contribution in [3.05, 3.63) is 100 Å². The third-order valence-electron chi connectivity index (χ3n) is 9.65. The number of allylic oxidation sites excluding steroid dienone is 2. The van der Waals surface area contributed by atoms with Gasteiger partial charge in [-0.15, -0.1) is 0 Å². The molecule has 5 rings (SSSR count). The van der Waals surface area contributed by atoms with Gasteiger partial charge in [-0.3, -0.25) is 4.79 Å². The number of esters is 1. The van der Waals surface area contributed by atoms with Crippen molar-refractivity contribution in [1.29, 1.82) is 0 Å². The molecule has 2 aliphatic rings. The molecule has 0 aromatic heterocycles. The van der Waals surface area contributed by atoms with E-state index in [1.165, 1.54) is 18.2 Å². The van der Waals surface area contributed by atoms with E-state index in [0.29, 0.717) is 75.3 Å². The zero-order valence-electron chi connectivity index (χ0n) is 26.7. The number of benzene rings is 3. The van der Waals surface area contributed by atoms with Crippen LogP contribution in [0.2, 0.25) is 0 Å². The molecule has 2 saturated carbocycles. The maximum absolute atomic E-state index is 15.3. The maximum Gasteiger partial charge on any atom is 0.309 e. The van der Waals surface area contributed by atoms with E-state index in [4.69, 9.17) is 9.47 Å². The van der Waals surface area contributed by atoms with Gasteiger partial charge < -0.3 is 9.47 Å². The minimum Gasteiger partial charge on any atom is -0.491 e. The smallest absolute Gasteiger partial charge is 0.309 e. The molecule has 3 nitrogen and oxygen atoms in total. The van der Waals surface area contributed by atoms with E-state index in [9.17, 15) is 22.4 Å². The van der Waals surface area contributed by atoms with Crippen LogP contribution in [0.4, 0.5) is 26.3 Å². The van der Waals surface area contributed by atoms with Gasteiger partial charge in [-0.2, -0.15) is 4.39 Å². The van der Waals surface area contributed by atoms with E-state index >= 15 is 8.78 Å². The third kappa shape index (κ3) is 7.54. The Morgan fingerprint density at radius 2 is 1.26 bits per heavy atom. The van der Waals surface area contributed by atoms with Gasteiger partial charge in [0.1, 0.15) is 6.10 Å². The van der Waals surface area contributed by atoms with Gasteiger partial charge in [0.25, 0.3) is 0 Å². The first-order valence-electron chi connectivity index (χ1n) is 16.5. The Morgan fingerprint density at radius 1 is 0.702 bits per heavy atom. The van der Waals surface area contributed by atoms with E-state index in [1.807, 2.05) is 19.1 Å². The van der Waals surface area contributed by atoms with Gasteiger partial charge in [0.2, 0.25) is 5.82 Å². The van der Waals surface area contributed by atoms with Crippen LogP contribution in [0.25, 0.3) is 11.1 Å². The minimum atomic E-state index is -1.32. The number of halogens is 6. The molecule has 0 radical (unpaired) electrons. The Kier molecular flexibility index (Phi) is 11.4. The highest BCUT2D eigenvalue weighted by molar-refractivity contribution is 5.72. The van der Waals surface area contributed by atoms with Crippen molar-refractivity contribution in [2.45, 2.75) is 96.0 Å². The fourth-order valence-corrected chi connectivity index (χ4v) is 7.01. The van der Waals surface area contributed by atoms with E-state index in [1.54, 1.807) is 19.1 Å². The predicted octanol–water partition coefficient (Wildman–Crippen LogP) is 10.6. The normalized spacial score (nSPS) is 21.6. The van der Waals surface area contributed by atoms with Gasteiger partial charge in [0, 0.05) is 11.1 Å². The Bertz CT molecular complexity index is 1600. The highest BCUT2D eigenvalue weighted by atomic mass is 19.2. The molecule has 0 N–H and O–H groups in total. The zero-order valence-corrected chi connectivity index (χ0v) is 26.7.